The zero-order valence-electron chi connectivity index (χ0n) is 21.4. The number of aromatic nitrogens is 3. The molecule has 0 bridgehead atoms. The minimum Gasteiger partial charge on any atom is -0.343 e. The highest BCUT2D eigenvalue weighted by atomic mass is 32.1. The van der Waals surface area contributed by atoms with Crippen LogP contribution in [-0.4, -0.2) is 50.5 Å². The van der Waals surface area contributed by atoms with Gasteiger partial charge < -0.3 is 25.8 Å². The van der Waals surface area contributed by atoms with Crippen LogP contribution in [0.5, 0.6) is 0 Å². The molecule has 1 saturated heterocycles. The number of anilines is 1. The van der Waals surface area contributed by atoms with E-state index in [-0.39, 0.29) is 18.0 Å². The Morgan fingerprint density at radius 3 is 2.76 bits per heavy atom. The van der Waals surface area contributed by atoms with Gasteiger partial charge in [-0.25, -0.2) is 14.8 Å². The number of nitrogens with one attached hydrogen (secondary N) is 4. The van der Waals surface area contributed by atoms with Crippen LogP contribution in [0.15, 0.2) is 42.5 Å². The molecule has 37 heavy (non-hydrogen) atoms. The smallest absolute Gasteiger partial charge is 0.319 e. The number of hydrogen-bond acceptors (Lipinski definition) is 6. The summed E-state index contributed by atoms with van der Waals surface area (Å²) in [6.45, 7) is 6.66. The van der Waals surface area contributed by atoms with Crippen LogP contribution in [0, 0.1) is 6.92 Å². The van der Waals surface area contributed by atoms with Gasteiger partial charge >= 0.3 is 6.03 Å². The first-order valence-corrected chi connectivity index (χ1v) is 13.7. The summed E-state index contributed by atoms with van der Waals surface area (Å²) in [7, 11) is 0. The Kier molecular flexibility index (Phi) is 7.27. The highest BCUT2D eigenvalue weighted by molar-refractivity contribution is 7.22. The van der Waals surface area contributed by atoms with Gasteiger partial charge in [0.1, 0.15) is 5.82 Å². The molecular weight excluding hydrogens is 486 g/mol. The quantitative estimate of drug-likeness (QED) is 0.255. The summed E-state index contributed by atoms with van der Waals surface area (Å²) in [5.41, 5.74) is 3.71. The zero-order valence-corrected chi connectivity index (χ0v) is 22.2. The second kappa shape index (κ2) is 10.8. The van der Waals surface area contributed by atoms with Gasteiger partial charge in [0.25, 0.3) is 5.91 Å². The summed E-state index contributed by atoms with van der Waals surface area (Å²) in [5.74, 6) is 0.298. The van der Waals surface area contributed by atoms with E-state index in [0.29, 0.717) is 17.5 Å². The Balaban J connectivity index is 1.36. The Morgan fingerprint density at radius 1 is 1.14 bits per heavy atom. The maximum Gasteiger partial charge on any atom is 0.319 e. The second-order valence-electron chi connectivity index (χ2n) is 9.59. The van der Waals surface area contributed by atoms with E-state index in [1.165, 1.54) is 11.3 Å². The molecule has 3 heterocycles. The van der Waals surface area contributed by atoms with Crippen molar-refractivity contribution in [3.05, 3.63) is 53.9 Å². The van der Waals surface area contributed by atoms with Crippen LogP contribution in [0.4, 0.5) is 9.93 Å². The minimum absolute atomic E-state index is 0.178. The van der Waals surface area contributed by atoms with Crippen LogP contribution in [0.2, 0.25) is 0 Å². The summed E-state index contributed by atoms with van der Waals surface area (Å²) in [4.78, 5) is 41.3. The minimum atomic E-state index is -0.999. The third kappa shape index (κ3) is 5.39. The molecule has 0 saturated carbocycles. The van der Waals surface area contributed by atoms with E-state index >= 15 is 0 Å². The van der Waals surface area contributed by atoms with Crippen molar-refractivity contribution in [3.8, 4) is 0 Å². The van der Waals surface area contributed by atoms with Crippen molar-refractivity contribution in [1.82, 2.24) is 30.5 Å². The lowest BCUT2D eigenvalue weighted by molar-refractivity contribution is -0.123. The van der Waals surface area contributed by atoms with Gasteiger partial charge in [-0.05, 0) is 63.3 Å². The number of hydrogen-bond donors (Lipinski definition) is 4. The molecule has 1 aliphatic rings. The third-order valence-electron chi connectivity index (χ3n) is 6.95. The number of aryl methyl sites for hydroxylation is 1. The van der Waals surface area contributed by atoms with Crippen molar-refractivity contribution in [2.75, 3.05) is 11.9 Å². The van der Waals surface area contributed by atoms with Gasteiger partial charge in [-0.3, -0.25) is 4.79 Å². The van der Waals surface area contributed by atoms with Crippen LogP contribution < -0.4 is 16.0 Å². The third-order valence-corrected chi connectivity index (χ3v) is 7.92. The van der Waals surface area contributed by atoms with Crippen molar-refractivity contribution in [2.45, 2.75) is 64.7 Å². The average Bonchev–Trinajstić information content (AvgIpc) is 3.53. The van der Waals surface area contributed by atoms with Gasteiger partial charge in [0.2, 0.25) is 0 Å². The normalized spacial score (nSPS) is 17.5. The second-order valence-corrected chi connectivity index (χ2v) is 10.6. The largest absolute Gasteiger partial charge is 0.343 e. The predicted octanol–water partition coefficient (Wildman–Crippen LogP) is 5.07. The molecule has 0 unspecified atom stereocenters. The number of carbonyl (C=O) groups is 2. The topological polar surface area (TPSA) is 115 Å². The van der Waals surface area contributed by atoms with Gasteiger partial charge in [-0.1, -0.05) is 42.5 Å². The predicted molar refractivity (Wildman–Crippen MR) is 148 cm³/mol. The Labute approximate surface area is 220 Å². The Hall–Kier alpha value is -3.66. The number of urea groups is 1. The number of likely N-dealkylation sites (tertiary alicyclic amines) is 1. The van der Waals surface area contributed by atoms with Gasteiger partial charge in [0, 0.05) is 12.6 Å². The van der Waals surface area contributed by atoms with Crippen molar-refractivity contribution in [2.24, 2.45) is 0 Å². The number of H-pyrrole nitrogens is 1. The number of aromatic amines is 1. The van der Waals surface area contributed by atoms with E-state index in [1.807, 2.05) is 61.2 Å². The first kappa shape index (κ1) is 25.0. The highest BCUT2D eigenvalue weighted by Gasteiger charge is 2.30. The molecule has 1 fully saturated rings. The maximum atomic E-state index is 13.5. The lowest BCUT2D eigenvalue weighted by atomic mass is 10.0. The molecule has 1 aliphatic heterocycles. The zero-order chi connectivity index (χ0) is 25.9. The lowest BCUT2D eigenvalue weighted by Gasteiger charge is -2.36. The van der Waals surface area contributed by atoms with E-state index in [0.717, 1.165) is 52.5 Å². The molecule has 2 aromatic carbocycles. The molecule has 0 spiro atoms. The summed E-state index contributed by atoms with van der Waals surface area (Å²) in [5, 5.41) is 9.69. The molecule has 4 N–H and O–H groups in total. The number of para-hydroxylation sites is 2. The van der Waals surface area contributed by atoms with Crippen molar-refractivity contribution in [3.63, 3.8) is 0 Å². The van der Waals surface area contributed by atoms with Crippen molar-refractivity contribution < 1.29 is 9.59 Å². The number of rotatable bonds is 7. The van der Waals surface area contributed by atoms with Crippen LogP contribution in [0.3, 0.4) is 0 Å². The van der Waals surface area contributed by atoms with Gasteiger partial charge in [-0.15, -0.1) is 0 Å². The molecule has 4 aromatic rings. The van der Waals surface area contributed by atoms with Crippen LogP contribution in [-0.2, 0) is 4.79 Å². The van der Waals surface area contributed by atoms with Crippen LogP contribution in [0.1, 0.15) is 57.0 Å². The number of carbonyl (C=O) groups excluding carboxylic acids is 2. The van der Waals surface area contributed by atoms with E-state index in [4.69, 9.17) is 4.98 Å². The molecule has 9 nitrogen and oxygen atoms in total. The summed E-state index contributed by atoms with van der Waals surface area (Å²) < 4.78 is 1.00. The molecule has 0 radical (unpaired) electrons. The summed E-state index contributed by atoms with van der Waals surface area (Å²) in [6, 6.07) is 13.3. The van der Waals surface area contributed by atoms with Gasteiger partial charge in [0.05, 0.1) is 27.3 Å². The Bertz CT molecular complexity index is 1380. The Morgan fingerprint density at radius 2 is 1.97 bits per heavy atom. The number of imidazole rings is 1. The monoisotopic (exact) mass is 519 g/mol. The molecule has 3 amide bonds. The number of thiazole rings is 1. The van der Waals surface area contributed by atoms with Crippen LogP contribution in [0.25, 0.3) is 21.3 Å². The van der Waals surface area contributed by atoms with E-state index in [9.17, 15) is 9.59 Å². The fraction of sp³-hybridized carbons (Fsp3) is 0.407. The lowest BCUT2D eigenvalue weighted by Crippen LogP contribution is -2.57. The molecule has 10 heteroatoms. The number of amides is 3. The highest BCUT2D eigenvalue weighted by Crippen LogP contribution is 2.26. The molecule has 194 valence electrons. The first-order valence-electron chi connectivity index (χ1n) is 12.9. The fourth-order valence-corrected chi connectivity index (χ4v) is 5.78. The van der Waals surface area contributed by atoms with Crippen molar-refractivity contribution in [1.29, 1.82) is 0 Å². The molecular formula is C27H33N7O2S. The molecule has 2 aromatic heterocycles. The summed E-state index contributed by atoms with van der Waals surface area (Å²) >= 11 is 1.44. The molecule has 3 atom stereocenters. The number of fused-ring (bicyclic) bond motifs is 2. The summed E-state index contributed by atoms with van der Waals surface area (Å²) in [6.07, 6.45) is 2.95. The van der Waals surface area contributed by atoms with Gasteiger partial charge in [-0.2, -0.15) is 0 Å². The molecule has 0 aliphatic carbocycles. The van der Waals surface area contributed by atoms with E-state index in [1.54, 1.807) is 0 Å². The number of nitrogens with zero attached hydrogens (tertiary/aromatic N) is 3. The van der Waals surface area contributed by atoms with Crippen LogP contribution >= 0.6 is 11.3 Å². The van der Waals surface area contributed by atoms with E-state index < -0.39 is 12.2 Å². The molecule has 5 rings (SSSR count). The van der Waals surface area contributed by atoms with E-state index in [2.05, 4.69) is 32.8 Å². The standard InChI is InChI=1S/C27H33N7O2S/c1-4-18-11-7-8-15-34(18)27(36)33-24(32-26-30-19-12-5-6-14-21(19)37-26)25(35)28-17(3)23-29-20-13-9-10-16(2)22(20)31-23/h5-6,9-10,12-14,17-18,24H,4,7-8,11,15H2,1-3H3,(H,28,35)(H,29,31)(H,30,32)(H,33,36)/t17-,18-,24-/m0/s1. The van der Waals surface area contributed by atoms with Crippen molar-refractivity contribution >= 4 is 49.7 Å². The fourth-order valence-electron chi connectivity index (χ4n) is 4.89. The SMILES string of the molecule is CC[C@H]1CCCCN1C(=O)N[C@H](Nc1nc2ccccc2s1)C(=O)N[C@@H](C)c1nc2c(C)cccc2[nH]1. The number of benzene rings is 2. The average molecular weight is 520 g/mol. The maximum absolute atomic E-state index is 13.5. The van der Waals surface area contributed by atoms with Gasteiger partial charge in [0.15, 0.2) is 11.3 Å². The first-order chi connectivity index (χ1) is 17.9. The number of piperidine rings is 1.